The molecule has 1 aromatic carbocycles. The van der Waals surface area contributed by atoms with Crippen molar-refractivity contribution in [3.8, 4) is 5.69 Å². The van der Waals surface area contributed by atoms with Crippen LogP contribution in [0.3, 0.4) is 0 Å². The normalized spacial score (nSPS) is 11.3. The number of non-ortho nitro benzene ring substituents is 1. The minimum Gasteiger partial charge on any atom is -0.444 e. The van der Waals surface area contributed by atoms with Crippen molar-refractivity contribution in [2.24, 2.45) is 0 Å². The third-order valence-electron chi connectivity index (χ3n) is 3.29. The van der Waals surface area contributed by atoms with Crippen LogP contribution in [-0.4, -0.2) is 36.4 Å². The summed E-state index contributed by atoms with van der Waals surface area (Å²) in [4.78, 5) is 30.5. The summed E-state index contributed by atoms with van der Waals surface area (Å²) in [6.07, 6.45) is 2.16. The highest BCUT2D eigenvalue weighted by atomic mass is 16.6. The first-order valence-electron chi connectivity index (χ1n) is 7.68. The van der Waals surface area contributed by atoms with Crippen LogP contribution in [0.1, 0.15) is 20.8 Å². The average molecular weight is 356 g/mol. The second kappa shape index (κ2) is 6.39. The molecular weight excluding hydrogens is 340 g/mol. The number of amides is 1. The van der Waals surface area contributed by atoms with Gasteiger partial charge in [-0.3, -0.25) is 15.4 Å². The Labute approximate surface area is 148 Å². The molecule has 0 spiro atoms. The predicted molar refractivity (Wildman–Crippen MR) is 93.2 cm³/mol. The molecule has 0 aliphatic rings. The minimum atomic E-state index is -0.640. The maximum Gasteiger partial charge on any atom is 0.413 e. The molecule has 10 heteroatoms. The van der Waals surface area contributed by atoms with E-state index < -0.39 is 16.6 Å². The van der Waals surface area contributed by atoms with Gasteiger partial charge in [0.2, 0.25) is 0 Å². The summed E-state index contributed by atoms with van der Waals surface area (Å²) in [6, 6.07) is 5.88. The molecule has 0 saturated carbocycles. The summed E-state index contributed by atoms with van der Waals surface area (Å²) in [5, 5.41) is 18.1. The molecule has 0 saturated heterocycles. The van der Waals surface area contributed by atoms with E-state index >= 15 is 0 Å². The van der Waals surface area contributed by atoms with Crippen molar-refractivity contribution in [2.45, 2.75) is 26.4 Å². The van der Waals surface area contributed by atoms with Gasteiger partial charge in [-0.2, -0.15) is 5.10 Å². The zero-order valence-electron chi connectivity index (χ0n) is 14.3. The molecule has 10 nitrogen and oxygen atoms in total. The monoisotopic (exact) mass is 356 g/mol. The van der Waals surface area contributed by atoms with Gasteiger partial charge in [0, 0.05) is 12.1 Å². The van der Waals surface area contributed by atoms with Crippen LogP contribution in [0.25, 0.3) is 16.7 Å². The maximum atomic E-state index is 12.0. The fraction of sp³-hybridized carbons (Fsp3) is 0.250. The highest BCUT2D eigenvalue weighted by Gasteiger charge is 2.19. The Kier molecular flexibility index (Phi) is 4.24. The van der Waals surface area contributed by atoms with E-state index in [9.17, 15) is 14.9 Å². The second-order valence-corrected chi connectivity index (χ2v) is 6.42. The fourth-order valence-electron chi connectivity index (χ4n) is 2.25. The number of aromatic nitrogens is 4. The van der Waals surface area contributed by atoms with Gasteiger partial charge in [-0.1, -0.05) is 0 Å². The number of benzene rings is 1. The third-order valence-corrected chi connectivity index (χ3v) is 3.29. The van der Waals surface area contributed by atoms with E-state index in [0.717, 1.165) is 0 Å². The summed E-state index contributed by atoms with van der Waals surface area (Å²) in [5.74, 6) is 0.261. The third kappa shape index (κ3) is 3.58. The van der Waals surface area contributed by atoms with Gasteiger partial charge in [-0.25, -0.2) is 19.4 Å². The number of ether oxygens (including phenoxy) is 1. The summed E-state index contributed by atoms with van der Waals surface area (Å²) in [5.41, 5.74) is 0.374. The SMILES string of the molecule is CC(C)(C)OC(=O)Nc1ncnc2c1cnn2-c1ccc([N+](=O)[O-])cc1. The first-order valence-corrected chi connectivity index (χ1v) is 7.68. The van der Waals surface area contributed by atoms with Gasteiger partial charge >= 0.3 is 6.09 Å². The lowest BCUT2D eigenvalue weighted by Crippen LogP contribution is -2.27. The van der Waals surface area contributed by atoms with Gasteiger partial charge in [0.05, 0.1) is 22.2 Å². The molecule has 1 amide bonds. The number of rotatable bonds is 3. The molecule has 0 fully saturated rings. The number of nitro groups is 1. The number of carbonyl (C=O) groups is 1. The molecule has 134 valence electrons. The van der Waals surface area contributed by atoms with E-state index in [0.29, 0.717) is 16.7 Å². The Morgan fingerprint density at radius 2 is 1.92 bits per heavy atom. The van der Waals surface area contributed by atoms with Crippen LogP contribution in [0.5, 0.6) is 0 Å². The Bertz CT molecular complexity index is 975. The Morgan fingerprint density at radius 1 is 1.23 bits per heavy atom. The van der Waals surface area contributed by atoms with Crippen molar-refractivity contribution < 1.29 is 14.5 Å². The molecule has 0 unspecified atom stereocenters. The molecule has 26 heavy (non-hydrogen) atoms. The Morgan fingerprint density at radius 3 is 2.54 bits per heavy atom. The van der Waals surface area contributed by atoms with E-state index in [1.54, 1.807) is 32.9 Å². The number of nitrogens with one attached hydrogen (secondary N) is 1. The predicted octanol–water partition coefficient (Wildman–Crippen LogP) is 3.07. The first kappa shape index (κ1) is 17.3. The van der Waals surface area contributed by atoms with E-state index in [2.05, 4.69) is 20.4 Å². The van der Waals surface area contributed by atoms with Crippen molar-refractivity contribution in [1.29, 1.82) is 0 Å². The summed E-state index contributed by atoms with van der Waals surface area (Å²) < 4.78 is 6.72. The van der Waals surface area contributed by atoms with Crippen molar-refractivity contribution in [3.05, 3.63) is 46.9 Å². The molecule has 0 aliphatic carbocycles. The number of hydrogen-bond acceptors (Lipinski definition) is 7. The van der Waals surface area contributed by atoms with Crippen molar-refractivity contribution in [1.82, 2.24) is 19.7 Å². The lowest BCUT2D eigenvalue weighted by Gasteiger charge is -2.19. The molecule has 3 aromatic rings. The van der Waals surface area contributed by atoms with Crippen LogP contribution in [-0.2, 0) is 4.74 Å². The van der Waals surface area contributed by atoms with Crippen LogP contribution in [0.15, 0.2) is 36.8 Å². The van der Waals surface area contributed by atoms with E-state index in [1.165, 1.54) is 29.3 Å². The van der Waals surface area contributed by atoms with Crippen LogP contribution in [0, 0.1) is 10.1 Å². The molecule has 0 atom stereocenters. The van der Waals surface area contributed by atoms with Gasteiger partial charge < -0.3 is 4.74 Å². The quantitative estimate of drug-likeness (QED) is 0.564. The van der Waals surface area contributed by atoms with E-state index in [4.69, 9.17) is 4.74 Å². The van der Waals surface area contributed by atoms with Gasteiger partial charge in [-0.15, -0.1) is 0 Å². The molecular formula is C16H16N6O4. The molecule has 1 N–H and O–H groups in total. The number of nitro benzene ring substituents is 1. The van der Waals surface area contributed by atoms with Crippen LogP contribution in [0.2, 0.25) is 0 Å². The number of nitrogens with zero attached hydrogens (tertiary/aromatic N) is 5. The van der Waals surface area contributed by atoms with E-state index in [1.807, 2.05) is 0 Å². The van der Waals surface area contributed by atoms with E-state index in [-0.39, 0.29) is 11.5 Å². The number of hydrogen-bond donors (Lipinski definition) is 1. The van der Waals surface area contributed by atoms with Crippen molar-refractivity contribution >= 4 is 28.6 Å². The molecule has 0 aliphatic heterocycles. The zero-order chi connectivity index (χ0) is 18.9. The zero-order valence-corrected chi connectivity index (χ0v) is 14.3. The Balaban J connectivity index is 1.93. The topological polar surface area (TPSA) is 125 Å². The number of carbonyl (C=O) groups excluding carboxylic acids is 1. The number of fused-ring (bicyclic) bond motifs is 1. The molecule has 3 rings (SSSR count). The van der Waals surface area contributed by atoms with Crippen molar-refractivity contribution in [3.63, 3.8) is 0 Å². The van der Waals surface area contributed by atoms with Gasteiger partial charge in [0.25, 0.3) is 5.69 Å². The van der Waals surface area contributed by atoms with Gasteiger partial charge in [0.15, 0.2) is 5.65 Å². The standard InChI is InChI=1S/C16H16N6O4/c1-16(2,3)26-15(23)20-13-12-8-19-21(14(12)18-9-17-13)10-4-6-11(7-5-10)22(24)25/h4-9H,1-3H3,(H,17,18,20,23). The van der Waals surface area contributed by atoms with Crippen LogP contribution in [0.4, 0.5) is 16.3 Å². The van der Waals surface area contributed by atoms with Crippen LogP contribution < -0.4 is 5.32 Å². The highest BCUT2D eigenvalue weighted by Crippen LogP contribution is 2.23. The molecule has 2 aromatic heterocycles. The van der Waals surface area contributed by atoms with Gasteiger partial charge in [-0.05, 0) is 32.9 Å². The summed E-state index contributed by atoms with van der Waals surface area (Å²) in [6.45, 7) is 5.28. The Hall–Kier alpha value is -3.56. The average Bonchev–Trinajstić information content (AvgIpc) is 2.98. The number of anilines is 1. The minimum absolute atomic E-state index is 0.0212. The largest absolute Gasteiger partial charge is 0.444 e. The van der Waals surface area contributed by atoms with Crippen molar-refractivity contribution in [2.75, 3.05) is 5.32 Å². The van der Waals surface area contributed by atoms with Gasteiger partial charge in [0.1, 0.15) is 17.7 Å². The summed E-state index contributed by atoms with van der Waals surface area (Å²) in [7, 11) is 0. The second-order valence-electron chi connectivity index (χ2n) is 6.42. The summed E-state index contributed by atoms with van der Waals surface area (Å²) >= 11 is 0. The molecule has 0 bridgehead atoms. The smallest absolute Gasteiger partial charge is 0.413 e. The molecule has 0 radical (unpaired) electrons. The first-order chi connectivity index (χ1) is 12.2. The lowest BCUT2D eigenvalue weighted by atomic mass is 10.2. The molecule has 2 heterocycles. The highest BCUT2D eigenvalue weighted by molar-refractivity contribution is 5.95. The van der Waals surface area contributed by atoms with Crippen LogP contribution >= 0.6 is 0 Å². The lowest BCUT2D eigenvalue weighted by molar-refractivity contribution is -0.384. The fourth-order valence-corrected chi connectivity index (χ4v) is 2.25. The maximum absolute atomic E-state index is 12.0.